The second-order valence-corrected chi connectivity index (χ2v) is 6.29. The van der Waals surface area contributed by atoms with Crippen LogP contribution >= 0.6 is 11.3 Å². The highest BCUT2D eigenvalue weighted by molar-refractivity contribution is 7.13. The first-order valence-electron chi connectivity index (χ1n) is 6.68. The summed E-state index contributed by atoms with van der Waals surface area (Å²) < 4.78 is 0. The lowest BCUT2D eigenvalue weighted by atomic mass is 10.1. The number of thiazole rings is 1. The third kappa shape index (κ3) is 3.93. The number of hydrogen-bond donors (Lipinski definition) is 3. The van der Waals surface area contributed by atoms with Gasteiger partial charge in [-0.15, -0.1) is 11.3 Å². The molecule has 1 fully saturated rings. The number of carbonyl (C=O) groups excluding carboxylic acids is 1. The van der Waals surface area contributed by atoms with Gasteiger partial charge in [0.2, 0.25) is 0 Å². The Hall–Kier alpha value is -1.63. The van der Waals surface area contributed by atoms with Crippen LogP contribution in [-0.2, 0) is 6.54 Å². The molecule has 0 saturated heterocycles. The lowest BCUT2D eigenvalue weighted by molar-refractivity contribution is 0.0701. The van der Waals surface area contributed by atoms with Crippen molar-refractivity contribution in [2.75, 3.05) is 6.54 Å². The first-order chi connectivity index (χ1) is 9.47. The maximum absolute atomic E-state index is 11.6. The largest absolute Gasteiger partial charge is 0.477 e. The van der Waals surface area contributed by atoms with Crippen LogP contribution in [0.1, 0.15) is 40.1 Å². The van der Waals surface area contributed by atoms with Crippen LogP contribution in [0.3, 0.4) is 0 Å². The average Bonchev–Trinajstić information content (AvgIpc) is 3.17. The van der Waals surface area contributed by atoms with Crippen molar-refractivity contribution in [1.29, 1.82) is 0 Å². The van der Waals surface area contributed by atoms with E-state index in [1.807, 2.05) is 0 Å². The van der Waals surface area contributed by atoms with Crippen molar-refractivity contribution in [3.8, 4) is 0 Å². The summed E-state index contributed by atoms with van der Waals surface area (Å²) in [5.74, 6) is 0.297. The van der Waals surface area contributed by atoms with Crippen LogP contribution < -0.4 is 10.6 Å². The number of aryl methyl sites for hydroxylation is 1. The number of carboxylic acid groups (broad SMARTS) is 1. The van der Waals surface area contributed by atoms with Gasteiger partial charge in [-0.1, -0.05) is 6.92 Å². The van der Waals surface area contributed by atoms with Gasteiger partial charge in [-0.25, -0.2) is 14.6 Å². The maximum Gasteiger partial charge on any atom is 0.347 e. The van der Waals surface area contributed by atoms with Crippen molar-refractivity contribution in [3.05, 3.63) is 15.6 Å². The van der Waals surface area contributed by atoms with Crippen molar-refractivity contribution in [3.63, 3.8) is 0 Å². The number of rotatable bonds is 6. The Morgan fingerprint density at radius 3 is 2.70 bits per heavy atom. The molecule has 20 heavy (non-hydrogen) atoms. The van der Waals surface area contributed by atoms with E-state index < -0.39 is 5.97 Å². The molecule has 7 heteroatoms. The standard InChI is InChI=1S/C13H19N3O3S/c1-7(9-3-4-9)5-14-13(19)15-6-10-16-8(2)11(20-10)12(17)18/h7,9H,3-6H2,1-2H3,(H,17,18)(H2,14,15,19). The van der Waals surface area contributed by atoms with Gasteiger partial charge in [-0.3, -0.25) is 0 Å². The van der Waals surface area contributed by atoms with E-state index in [-0.39, 0.29) is 17.5 Å². The zero-order valence-electron chi connectivity index (χ0n) is 11.6. The lowest BCUT2D eigenvalue weighted by Gasteiger charge is -2.11. The normalized spacial score (nSPS) is 15.7. The van der Waals surface area contributed by atoms with Gasteiger partial charge in [0.15, 0.2) is 0 Å². The number of nitrogens with zero attached hydrogens (tertiary/aromatic N) is 1. The molecule has 1 aromatic heterocycles. The van der Waals surface area contributed by atoms with E-state index in [9.17, 15) is 9.59 Å². The molecule has 1 atom stereocenters. The third-order valence-electron chi connectivity index (χ3n) is 3.45. The third-order valence-corrected chi connectivity index (χ3v) is 4.59. The fraction of sp³-hybridized carbons (Fsp3) is 0.615. The van der Waals surface area contributed by atoms with Crippen molar-refractivity contribution < 1.29 is 14.7 Å². The number of amides is 2. The Morgan fingerprint density at radius 1 is 1.45 bits per heavy atom. The van der Waals surface area contributed by atoms with Gasteiger partial charge in [0.05, 0.1) is 12.2 Å². The first kappa shape index (κ1) is 14.8. The molecule has 1 unspecified atom stereocenters. The summed E-state index contributed by atoms with van der Waals surface area (Å²) in [5, 5.41) is 15.1. The molecular weight excluding hydrogens is 278 g/mol. The maximum atomic E-state index is 11.6. The molecule has 2 amide bonds. The molecule has 1 aliphatic carbocycles. The van der Waals surface area contributed by atoms with Gasteiger partial charge in [0.1, 0.15) is 9.88 Å². The molecule has 110 valence electrons. The van der Waals surface area contributed by atoms with E-state index in [4.69, 9.17) is 5.11 Å². The second kappa shape index (κ2) is 6.21. The van der Waals surface area contributed by atoms with Crippen LogP contribution in [0.5, 0.6) is 0 Å². The summed E-state index contributed by atoms with van der Waals surface area (Å²) >= 11 is 1.10. The van der Waals surface area contributed by atoms with Gasteiger partial charge in [-0.05, 0) is 31.6 Å². The Labute approximate surface area is 121 Å². The summed E-state index contributed by atoms with van der Waals surface area (Å²) in [5.41, 5.74) is 0.488. The average molecular weight is 297 g/mol. The lowest BCUT2D eigenvalue weighted by Crippen LogP contribution is -2.37. The predicted molar refractivity (Wildman–Crippen MR) is 75.9 cm³/mol. The monoisotopic (exact) mass is 297 g/mol. The summed E-state index contributed by atoms with van der Waals surface area (Å²) in [6, 6.07) is -0.234. The highest BCUT2D eigenvalue weighted by Gasteiger charge is 2.27. The number of aromatic carboxylic acids is 1. The highest BCUT2D eigenvalue weighted by atomic mass is 32.1. The Balaban J connectivity index is 1.75. The molecule has 0 radical (unpaired) electrons. The molecule has 6 nitrogen and oxygen atoms in total. The van der Waals surface area contributed by atoms with E-state index in [2.05, 4.69) is 22.5 Å². The first-order valence-corrected chi connectivity index (χ1v) is 7.50. The van der Waals surface area contributed by atoms with Crippen molar-refractivity contribution in [2.24, 2.45) is 11.8 Å². The van der Waals surface area contributed by atoms with E-state index >= 15 is 0 Å². The van der Waals surface area contributed by atoms with E-state index in [0.717, 1.165) is 17.3 Å². The molecule has 0 spiro atoms. The number of carbonyl (C=O) groups is 2. The number of nitrogens with one attached hydrogen (secondary N) is 2. The molecular formula is C13H19N3O3S. The highest BCUT2D eigenvalue weighted by Crippen LogP contribution is 2.35. The van der Waals surface area contributed by atoms with E-state index in [1.165, 1.54) is 12.8 Å². The molecule has 0 bridgehead atoms. The molecule has 3 N–H and O–H groups in total. The summed E-state index contributed by atoms with van der Waals surface area (Å²) in [6.07, 6.45) is 2.53. The second-order valence-electron chi connectivity index (χ2n) is 5.21. The van der Waals surface area contributed by atoms with Gasteiger partial charge >= 0.3 is 12.0 Å². The Kier molecular flexibility index (Phi) is 4.59. The minimum Gasteiger partial charge on any atom is -0.477 e. The Morgan fingerprint density at radius 2 is 2.15 bits per heavy atom. The van der Waals surface area contributed by atoms with E-state index in [1.54, 1.807) is 6.92 Å². The fourth-order valence-electron chi connectivity index (χ4n) is 2.03. The molecule has 1 heterocycles. The van der Waals surface area contributed by atoms with Crippen LogP contribution in [0.15, 0.2) is 0 Å². The number of hydrogen-bond acceptors (Lipinski definition) is 4. The smallest absolute Gasteiger partial charge is 0.347 e. The van der Waals surface area contributed by atoms with Crippen LogP contribution in [0.25, 0.3) is 0 Å². The summed E-state index contributed by atoms with van der Waals surface area (Å²) in [6.45, 7) is 4.72. The minimum absolute atomic E-state index is 0.226. The van der Waals surface area contributed by atoms with Crippen molar-refractivity contribution in [2.45, 2.75) is 33.2 Å². The van der Waals surface area contributed by atoms with Crippen LogP contribution in [0, 0.1) is 18.8 Å². The summed E-state index contributed by atoms with van der Waals surface area (Å²) in [7, 11) is 0. The quantitative estimate of drug-likeness (QED) is 0.749. The van der Waals surface area contributed by atoms with Crippen molar-refractivity contribution in [1.82, 2.24) is 15.6 Å². The van der Waals surface area contributed by atoms with Crippen LogP contribution in [0.2, 0.25) is 0 Å². The molecule has 1 saturated carbocycles. The van der Waals surface area contributed by atoms with Crippen LogP contribution in [0.4, 0.5) is 4.79 Å². The molecule has 1 aromatic rings. The summed E-state index contributed by atoms with van der Waals surface area (Å²) in [4.78, 5) is 26.9. The molecule has 2 rings (SSSR count). The number of aromatic nitrogens is 1. The SMILES string of the molecule is Cc1nc(CNC(=O)NCC(C)C2CC2)sc1C(=O)O. The predicted octanol–water partition coefficient (Wildman–Crippen LogP) is 2.00. The van der Waals surface area contributed by atoms with E-state index in [0.29, 0.717) is 23.2 Å². The Bertz CT molecular complexity index is 511. The van der Waals surface area contributed by atoms with Gasteiger partial charge in [-0.2, -0.15) is 0 Å². The van der Waals surface area contributed by atoms with Crippen molar-refractivity contribution >= 4 is 23.3 Å². The number of carboxylic acids is 1. The topological polar surface area (TPSA) is 91.3 Å². The molecule has 0 aromatic carbocycles. The zero-order chi connectivity index (χ0) is 14.7. The van der Waals surface area contributed by atoms with Gasteiger partial charge < -0.3 is 15.7 Å². The van der Waals surface area contributed by atoms with Gasteiger partial charge in [0, 0.05) is 6.54 Å². The fourth-order valence-corrected chi connectivity index (χ4v) is 2.87. The molecule has 1 aliphatic rings. The minimum atomic E-state index is -0.978. The zero-order valence-corrected chi connectivity index (χ0v) is 12.4. The molecule has 0 aliphatic heterocycles. The van der Waals surface area contributed by atoms with Gasteiger partial charge in [0.25, 0.3) is 0 Å². The number of urea groups is 1. The van der Waals surface area contributed by atoms with Crippen LogP contribution in [-0.4, -0.2) is 28.6 Å².